The van der Waals surface area contributed by atoms with Crippen LogP contribution in [0.1, 0.15) is 24.2 Å². The highest BCUT2D eigenvalue weighted by Gasteiger charge is 2.22. The molecule has 1 aliphatic rings. The number of hydrogen-bond donors (Lipinski definition) is 0. The smallest absolute Gasteiger partial charge is 0.179 e. The molecular formula is C15H20F2N2O. The first-order valence-electron chi connectivity index (χ1n) is 6.92. The molecule has 1 aromatic rings. The molecule has 2 rings (SSSR count). The van der Waals surface area contributed by atoms with Crippen LogP contribution in [0.2, 0.25) is 0 Å². The second-order valence-electron chi connectivity index (χ2n) is 5.45. The zero-order valence-electron chi connectivity index (χ0n) is 11.9. The van der Waals surface area contributed by atoms with Crippen molar-refractivity contribution in [2.24, 2.45) is 0 Å². The van der Waals surface area contributed by atoms with E-state index < -0.39 is 11.6 Å². The van der Waals surface area contributed by atoms with Gasteiger partial charge in [0.25, 0.3) is 0 Å². The first kappa shape index (κ1) is 15.1. The highest BCUT2D eigenvalue weighted by molar-refractivity contribution is 5.97. The number of carbonyl (C=O) groups excluding carboxylic acids is 1. The molecule has 110 valence electrons. The standard InChI is InChI=1S/C15H20F2N2O/c1-11(2)19-7-5-18(6-8-19)10-15(20)13-4-3-12(16)9-14(13)17/h3-4,9,11H,5-8,10H2,1-2H3. The zero-order valence-corrected chi connectivity index (χ0v) is 11.9. The van der Waals surface area contributed by atoms with Gasteiger partial charge in [-0.15, -0.1) is 0 Å². The number of carbonyl (C=O) groups is 1. The van der Waals surface area contributed by atoms with Crippen molar-refractivity contribution in [1.82, 2.24) is 9.80 Å². The van der Waals surface area contributed by atoms with Crippen LogP contribution in [0.5, 0.6) is 0 Å². The van der Waals surface area contributed by atoms with Gasteiger partial charge in [-0.05, 0) is 26.0 Å². The number of piperazine rings is 1. The summed E-state index contributed by atoms with van der Waals surface area (Å²) in [6, 6.07) is 3.59. The van der Waals surface area contributed by atoms with Gasteiger partial charge in [-0.2, -0.15) is 0 Å². The van der Waals surface area contributed by atoms with Crippen molar-refractivity contribution in [1.29, 1.82) is 0 Å². The zero-order chi connectivity index (χ0) is 14.7. The van der Waals surface area contributed by atoms with E-state index in [2.05, 4.69) is 18.7 Å². The minimum Gasteiger partial charge on any atom is -0.298 e. The Morgan fingerprint density at radius 2 is 1.85 bits per heavy atom. The maximum absolute atomic E-state index is 13.5. The van der Waals surface area contributed by atoms with E-state index in [1.54, 1.807) is 0 Å². The predicted octanol–water partition coefficient (Wildman–Crippen LogP) is 2.17. The summed E-state index contributed by atoms with van der Waals surface area (Å²) in [6.07, 6.45) is 0. The largest absolute Gasteiger partial charge is 0.298 e. The fraction of sp³-hybridized carbons (Fsp3) is 0.533. The van der Waals surface area contributed by atoms with Crippen LogP contribution in [-0.4, -0.2) is 54.3 Å². The molecule has 0 amide bonds. The molecule has 3 nitrogen and oxygen atoms in total. The monoisotopic (exact) mass is 282 g/mol. The Hall–Kier alpha value is -1.33. The molecule has 0 atom stereocenters. The van der Waals surface area contributed by atoms with Crippen molar-refractivity contribution < 1.29 is 13.6 Å². The normalized spacial score (nSPS) is 17.6. The summed E-state index contributed by atoms with van der Waals surface area (Å²) >= 11 is 0. The third-order valence-electron chi connectivity index (χ3n) is 3.74. The average molecular weight is 282 g/mol. The van der Waals surface area contributed by atoms with Gasteiger partial charge in [0.1, 0.15) is 11.6 Å². The fourth-order valence-corrected chi connectivity index (χ4v) is 2.44. The van der Waals surface area contributed by atoms with E-state index in [0.717, 1.165) is 38.3 Å². The number of Topliss-reactive ketones (excluding diaryl/α,β-unsaturated/α-hetero) is 1. The van der Waals surface area contributed by atoms with Gasteiger partial charge in [0.15, 0.2) is 5.78 Å². The van der Waals surface area contributed by atoms with Gasteiger partial charge in [-0.1, -0.05) is 0 Å². The Labute approximate surface area is 118 Å². The Morgan fingerprint density at radius 3 is 2.40 bits per heavy atom. The van der Waals surface area contributed by atoms with E-state index in [1.165, 1.54) is 6.07 Å². The predicted molar refractivity (Wildman–Crippen MR) is 73.8 cm³/mol. The number of hydrogen-bond acceptors (Lipinski definition) is 3. The van der Waals surface area contributed by atoms with E-state index in [9.17, 15) is 13.6 Å². The highest BCUT2D eigenvalue weighted by atomic mass is 19.1. The summed E-state index contributed by atoms with van der Waals surface area (Å²) in [6.45, 7) is 7.91. The van der Waals surface area contributed by atoms with Crippen LogP contribution in [0.25, 0.3) is 0 Å². The maximum atomic E-state index is 13.5. The summed E-state index contributed by atoms with van der Waals surface area (Å²) in [5.74, 6) is -1.74. The van der Waals surface area contributed by atoms with Crippen LogP contribution in [0.15, 0.2) is 18.2 Å². The van der Waals surface area contributed by atoms with E-state index in [1.807, 2.05) is 4.90 Å². The van der Waals surface area contributed by atoms with Crippen LogP contribution in [0, 0.1) is 11.6 Å². The van der Waals surface area contributed by atoms with Gasteiger partial charge in [0, 0.05) is 38.3 Å². The lowest BCUT2D eigenvalue weighted by Crippen LogP contribution is -2.50. The van der Waals surface area contributed by atoms with Crippen molar-refractivity contribution in [3.05, 3.63) is 35.4 Å². The van der Waals surface area contributed by atoms with E-state index in [0.29, 0.717) is 6.04 Å². The van der Waals surface area contributed by atoms with Gasteiger partial charge in [0.2, 0.25) is 0 Å². The molecule has 0 aromatic heterocycles. The molecule has 5 heteroatoms. The molecule has 1 fully saturated rings. The third kappa shape index (κ3) is 3.61. The SMILES string of the molecule is CC(C)N1CCN(CC(=O)c2ccc(F)cc2F)CC1. The highest BCUT2D eigenvalue weighted by Crippen LogP contribution is 2.12. The van der Waals surface area contributed by atoms with Crippen molar-refractivity contribution in [3.8, 4) is 0 Å². The topological polar surface area (TPSA) is 23.6 Å². The van der Waals surface area contributed by atoms with Crippen LogP contribution >= 0.6 is 0 Å². The number of benzene rings is 1. The van der Waals surface area contributed by atoms with Crippen LogP contribution < -0.4 is 0 Å². The van der Waals surface area contributed by atoms with Crippen LogP contribution in [0.3, 0.4) is 0 Å². The van der Waals surface area contributed by atoms with Gasteiger partial charge in [0.05, 0.1) is 12.1 Å². The van der Waals surface area contributed by atoms with Crippen LogP contribution in [0.4, 0.5) is 8.78 Å². The maximum Gasteiger partial charge on any atom is 0.179 e. The molecular weight excluding hydrogens is 262 g/mol. The van der Waals surface area contributed by atoms with Crippen molar-refractivity contribution in [3.63, 3.8) is 0 Å². The van der Waals surface area contributed by atoms with E-state index in [-0.39, 0.29) is 17.9 Å². The number of nitrogens with zero attached hydrogens (tertiary/aromatic N) is 2. The molecule has 0 spiro atoms. The van der Waals surface area contributed by atoms with Gasteiger partial charge >= 0.3 is 0 Å². The average Bonchev–Trinajstić information content (AvgIpc) is 2.39. The van der Waals surface area contributed by atoms with Gasteiger partial charge < -0.3 is 0 Å². The lowest BCUT2D eigenvalue weighted by atomic mass is 10.1. The molecule has 1 aliphatic heterocycles. The lowest BCUT2D eigenvalue weighted by molar-refractivity contribution is 0.0804. The molecule has 20 heavy (non-hydrogen) atoms. The Bertz CT molecular complexity index is 483. The molecule has 0 N–H and O–H groups in total. The van der Waals surface area contributed by atoms with Crippen molar-refractivity contribution >= 4 is 5.78 Å². The molecule has 0 saturated carbocycles. The summed E-state index contributed by atoms with van der Waals surface area (Å²) in [7, 11) is 0. The van der Waals surface area contributed by atoms with Crippen LogP contribution in [-0.2, 0) is 0 Å². The number of rotatable bonds is 4. The van der Waals surface area contributed by atoms with Crippen molar-refractivity contribution in [2.45, 2.75) is 19.9 Å². The van der Waals surface area contributed by atoms with E-state index >= 15 is 0 Å². The molecule has 0 radical (unpaired) electrons. The second kappa shape index (κ2) is 6.41. The first-order chi connectivity index (χ1) is 9.47. The quantitative estimate of drug-likeness (QED) is 0.791. The Balaban J connectivity index is 1.92. The summed E-state index contributed by atoms with van der Waals surface area (Å²) in [4.78, 5) is 16.4. The Morgan fingerprint density at radius 1 is 1.20 bits per heavy atom. The molecule has 1 heterocycles. The minimum absolute atomic E-state index is 0.0299. The fourth-order valence-electron chi connectivity index (χ4n) is 2.44. The lowest BCUT2D eigenvalue weighted by Gasteiger charge is -2.36. The third-order valence-corrected chi connectivity index (χ3v) is 3.74. The molecule has 1 saturated heterocycles. The summed E-state index contributed by atoms with van der Waals surface area (Å²) < 4.78 is 26.4. The van der Waals surface area contributed by atoms with Gasteiger partial charge in [-0.3, -0.25) is 14.6 Å². The van der Waals surface area contributed by atoms with Crippen molar-refractivity contribution in [2.75, 3.05) is 32.7 Å². The molecule has 0 aliphatic carbocycles. The second-order valence-corrected chi connectivity index (χ2v) is 5.45. The molecule has 0 bridgehead atoms. The number of ketones is 1. The van der Waals surface area contributed by atoms with E-state index in [4.69, 9.17) is 0 Å². The Kier molecular flexibility index (Phi) is 4.83. The minimum atomic E-state index is -0.782. The first-order valence-corrected chi connectivity index (χ1v) is 6.92. The molecule has 1 aromatic carbocycles. The molecule has 0 unspecified atom stereocenters. The number of halogens is 2. The summed E-state index contributed by atoms with van der Waals surface area (Å²) in [5.41, 5.74) is -0.0299. The summed E-state index contributed by atoms with van der Waals surface area (Å²) in [5, 5.41) is 0. The van der Waals surface area contributed by atoms with Gasteiger partial charge in [-0.25, -0.2) is 8.78 Å².